The summed E-state index contributed by atoms with van der Waals surface area (Å²) in [5, 5.41) is 9.28. The molecule has 0 aromatic heterocycles. The fourth-order valence-corrected chi connectivity index (χ4v) is 2.20. The third kappa shape index (κ3) is 2.41. The van der Waals surface area contributed by atoms with Crippen molar-refractivity contribution in [2.45, 2.75) is 0 Å². The van der Waals surface area contributed by atoms with Gasteiger partial charge in [-0.05, 0) is 34.9 Å². The van der Waals surface area contributed by atoms with Crippen molar-refractivity contribution in [3.8, 4) is 28.0 Å². The Morgan fingerprint density at radius 1 is 0.650 bits per heavy atom. The van der Waals surface area contributed by atoms with Crippen LogP contribution < -0.4 is 0 Å². The predicted octanol–water partition coefficient (Wildman–Crippen LogP) is 4.87. The van der Waals surface area contributed by atoms with Crippen LogP contribution in [0.25, 0.3) is 22.3 Å². The van der Waals surface area contributed by atoms with Crippen LogP contribution in [0, 0.1) is 5.82 Å². The number of phenols is 1. The summed E-state index contributed by atoms with van der Waals surface area (Å²) in [6.07, 6.45) is 0. The molecule has 0 atom stereocenters. The van der Waals surface area contributed by atoms with Gasteiger partial charge in [0.15, 0.2) is 0 Å². The van der Waals surface area contributed by atoms with Gasteiger partial charge in [-0.2, -0.15) is 0 Å². The van der Waals surface area contributed by atoms with Crippen LogP contribution in [0.3, 0.4) is 0 Å². The van der Waals surface area contributed by atoms with E-state index in [1.165, 1.54) is 6.07 Å². The first-order chi connectivity index (χ1) is 9.74. The second-order valence-electron chi connectivity index (χ2n) is 4.61. The summed E-state index contributed by atoms with van der Waals surface area (Å²) >= 11 is 0. The van der Waals surface area contributed by atoms with E-state index in [2.05, 4.69) is 0 Å². The Labute approximate surface area is 117 Å². The summed E-state index contributed by atoms with van der Waals surface area (Å²) in [6, 6.07) is 21.4. The van der Waals surface area contributed by atoms with Gasteiger partial charge in [-0.15, -0.1) is 0 Å². The molecule has 98 valence electrons. The lowest BCUT2D eigenvalue weighted by Crippen LogP contribution is -1.86. The molecule has 0 aliphatic carbocycles. The van der Waals surface area contributed by atoms with Crippen molar-refractivity contribution >= 4 is 0 Å². The van der Waals surface area contributed by atoms with Crippen molar-refractivity contribution in [2.75, 3.05) is 0 Å². The van der Waals surface area contributed by atoms with Gasteiger partial charge in [0.25, 0.3) is 0 Å². The fourth-order valence-electron chi connectivity index (χ4n) is 2.20. The molecule has 1 nitrogen and oxygen atoms in total. The zero-order chi connectivity index (χ0) is 13.9. The van der Waals surface area contributed by atoms with Crippen molar-refractivity contribution in [3.63, 3.8) is 0 Å². The van der Waals surface area contributed by atoms with E-state index >= 15 is 0 Å². The van der Waals surface area contributed by atoms with Gasteiger partial charge in [0.05, 0.1) is 0 Å². The Balaban J connectivity index is 2.01. The fraction of sp³-hybridized carbons (Fsp3) is 0. The van der Waals surface area contributed by atoms with Gasteiger partial charge in [0, 0.05) is 5.56 Å². The molecular formula is C18H13FO. The molecular weight excluding hydrogens is 251 g/mol. The van der Waals surface area contributed by atoms with Crippen LogP contribution in [-0.2, 0) is 0 Å². The average molecular weight is 264 g/mol. The summed E-state index contributed by atoms with van der Waals surface area (Å²) in [6.45, 7) is 0. The number of hydrogen-bond donors (Lipinski definition) is 1. The van der Waals surface area contributed by atoms with Crippen LogP contribution in [0.15, 0.2) is 72.8 Å². The highest BCUT2D eigenvalue weighted by molar-refractivity contribution is 5.71. The molecule has 0 saturated heterocycles. The van der Waals surface area contributed by atoms with Gasteiger partial charge in [0.1, 0.15) is 11.6 Å². The summed E-state index contributed by atoms with van der Waals surface area (Å²) in [7, 11) is 0. The van der Waals surface area contributed by atoms with Crippen molar-refractivity contribution < 1.29 is 9.50 Å². The zero-order valence-electron chi connectivity index (χ0n) is 10.8. The Morgan fingerprint density at radius 3 is 1.95 bits per heavy atom. The number of phenolic OH excluding ortho intramolecular Hbond substituents is 1. The minimum Gasteiger partial charge on any atom is -0.508 e. The molecule has 20 heavy (non-hydrogen) atoms. The topological polar surface area (TPSA) is 20.2 Å². The monoisotopic (exact) mass is 264 g/mol. The maximum atomic E-state index is 14.3. The van der Waals surface area contributed by atoms with Gasteiger partial charge in [0.2, 0.25) is 0 Å². The molecule has 0 saturated carbocycles. The maximum absolute atomic E-state index is 14.3. The summed E-state index contributed by atoms with van der Waals surface area (Å²) in [4.78, 5) is 0. The Morgan fingerprint density at radius 2 is 1.30 bits per heavy atom. The van der Waals surface area contributed by atoms with Crippen LogP contribution in [0.1, 0.15) is 0 Å². The molecule has 3 aromatic rings. The van der Waals surface area contributed by atoms with E-state index in [0.717, 1.165) is 16.7 Å². The van der Waals surface area contributed by atoms with Crippen molar-refractivity contribution in [3.05, 3.63) is 78.6 Å². The Kier molecular flexibility index (Phi) is 3.21. The van der Waals surface area contributed by atoms with Gasteiger partial charge in [-0.25, -0.2) is 4.39 Å². The molecule has 0 unspecified atom stereocenters. The third-order valence-corrected chi connectivity index (χ3v) is 3.25. The van der Waals surface area contributed by atoms with Crippen LogP contribution >= 0.6 is 0 Å². The third-order valence-electron chi connectivity index (χ3n) is 3.25. The lowest BCUT2D eigenvalue weighted by atomic mass is 9.99. The summed E-state index contributed by atoms with van der Waals surface area (Å²) in [5.74, 6) is -0.0445. The number of hydrogen-bond acceptors (Lipinski definition) is 1. The largest absolute Gasteiger partial charge is 0.508 e. The molecule has 0 heterocycles. The summed E-state index contributed by atoms with van der Waals surface area (Å²) < 4.78 is 14.3. The van der Waals surface area contributed by atoms with E-state index in [9.17, 15) is 9.50 Å². The van der Waals surface area contributed by atoms with Crippen LogP contribution in [0.2, 0.25) is 0 Å². The van der Waals surface area contributed by atoms with Crippen LogP contribution in [0.4, 0.5) is 4.39 Å². The SMILES string of the molecule is Oc1ccc(-c2ccc(-c3ccccc3)c(F)c2)cc1. The van der Waals surface area contributed by atoms with Crippen molar-refractivity contribution in [2.24, 2.45) is 0 Å². The lowest BCUT2D eigenvalue weighted by molar-refractivity contribution is 0.475. The Bertz CT molecular complexity index is 718. The van der Waals surface area contributed by atoms with E-state index in [4.69, 9.17) is 0 Å². The van der Waals surface area contributed by atoms with Crippen LogP contribution in [0.5, 0.6) is 5.75 Å². The highest BCUT2D eigenvalue weighted by Crippen LogP contribution is 2.28. The van der Waals surface area contributed by atoms with Gasteiger partial charge >= 0.3 is 0 Å². The first-order valence-corrected chi connectivity index (χ1v) is 6.38. The van der Waals surface area contributed by atoms with Gasteiger partial charge in [-0.1, -0.05) is 54.6 Å². The molecule has 3 rings (SSSR count). The van der Waals surface area contributed by atoms with Crippen molar-refractivity contribution in [1.82, 2.24) is 0 Å². The zero-order valence-corrected chi connectivity index (χ0v) is 10.8. The standard InChI is InChI=1S/C18H13FO/c19-18-12-15(13-6-9-16(20)10-7-13)8-11-17(18)14-4-2-1-3-5-14/h1-12,20H. The molecule has 0 radical (unpaired) electrons. The molecule has 0 fully saturated rings. The molecule has 0 amide bonds. The minimum absolute atomic E-state index is 0.204. The molecule has 3 aromatic carbocycles. The normalized spacial score (nSPS) is 10.4. The predicted molar refractivity (Wildman–Crippen MR) is 78.9 cm³/mol. The van der Waals surface area contributed by atoms with Gasteiger partial charge < -0.3 is 5.11 Å². The molecule has 0 spiro atoms. The average Bonchev–Trinajstić information content (AvgIpc) is 2.49. The number of benzene rings is 3. The first kappa shape index (κ1) is 12.4. The van der Waals surface area contributed by atoms with Crippen LogP contribution in [-0.4, -0.2) is 5.11 Å². The quantitative estimate of drug-likeness (QED) is 0.700. The lowest BCUT2D eigenvalue weighted by Gasteiger charge is -2.07. The maximum Gasteiger partial charge on any atom is 0.131 e. The van der Waals surface area contributed by atoms with Crippen molar-refractivity contribution in [1.29, 1.82) is 0 Å². The van der Waals surface area contributed by atoms with E-state index < -0.39 is 0 Å². The molecule has 0 bridgehead atoms. The highest BCUT2D eigenvalue weighted by Gasteiger charge is 2.07. The number of halogens is 1. The number of aromatic hydroxyl groups is 1. The molecule has 0 aliphatic heterocycles. The Hall–Kier alpha value is -2.61. The molecule has 0 aliphatic rings. The minimum atomic E-state index is -0.248. The number of rotatable bonds is 2. The smallest absolute Gasteiger partial charge is 0.131 e. The molecule has 1 N–H and O–H groups in total. The first-order valence-electron chi connectivity index (χ1n) is 6.38. The van der Waals surface area contributed by atoms with E-state index in [1.807, 2.05) is 36.4 Å². The molecule has 2 heteroatoms. The second-order valence-corrected chi connectivity index (χ2v) is 4.61. The summed E-state index contributed by atoms with van der Waals surface area (Å²) in [5.41, 5.74) is 3.12. The second kappa shape index (κ2) is 5.17. The van der Waals surface area contributed by atoms with Gasteiger partial charge in [-0.3, -0.25) is 0 Å². The van der Waals surface area contributed by atoms with E-state index in [0.29, 0.717) is 5.56 Å². The van der Waals surface area contributed by atoms with E-state index in [-0.39, 0.29) is 11.6 Å². The highest BCUT2D eigenvalue weighted by atomic mass is 19.1. The van der Waals surface area contributed by atoms with E-state index in [1.54, 1.807) is 30.3 Å².